The molecule has 0 saturated heterocycles. The summed E-state index contributed by atoms with van der Waals surface area (Å²) in [7, 11) is -0.806. The average Bonchev–Trinajstić information content (AvgIpc) is 1.63. The zero-order valence-corrected chi connectivity index (χ0v) is 8.55. The second-order valence-electron chi connectivity index (χ2n) is 3.17. The Kier molecular flexibility index (Phi) is 4.67. The Morgan fingerprint density at radius 3 is 2.22 bits per heavy atom. The van der Waals surface area contributed by atoms with E-state index in [0.29, 0.717) is 0 Å². The molecule has 0 aromatic rings. The molecule has 9 heavy (non-hydrogen) atoms. The van der Waals surface area contributed by atoms with Crippen molar-refractivity contribution in [3.05, 3.63) is 6.92 Å². The first-order valence-electron chi connectivity index (χ1n) is 3.49. The lowest BCUT2D eigenvalue weighted by Gasteiger charge is -2.13. The Morgan fingerprint density at radius 2 is 1.89 bits per heavy atom. The van der Waals surface area contributed by atoms with E-state index in [1.54, 1.807) is 0 Å². The molecule has 0 rings (SSSR count). The van der Waals surface area contributed by atoms with Crippen LogP contribution in [0.2, 0.25) is 19.6 Å². The number of unbranched alkanes of at least 4 members (excludes halogenated alkanes) is 1. The normalized spacial score (nSPS) is 12.0. The lowest BCUT2D eigenvalue weighted by atomic mass is 10.4. The van der Waals surface area contributed by atoms with Crippen molar-refractivity contribution in [2.45, 2.75) is 32.5 Å². The molecule has 0 aromatic carbocycles. The van der Waals surface area contributed by atoms with E-state index in [2.05, 4.69) is 37.8 Å². The highest BCUT2D eigenvalue weighted by Gasteiger charge is 2.11. The molecule has 0 N–H and O–H groups in total. The second kappa shape index (κ2) is 4.39. The summed E-state index contributed by atoms with van der Waals surface area (Å²) in [6.45, 7) is 11.0. The molecule has 0 aliphatic carbocycles. The van der Waals surface area contributed by atoms with Gasteiger partial charge in [0.2, 0.25) is 0 Å². The molecule has 0 atom stereocenters. The fourth-order valence-electron chi connectivity index (χ4n) is 0.480. The van der Waals surface area contributed by atoms with Crippen LogP contribution in [0.3, 0.4) is 0 Å². The van der Waals surface area contributed by atoms with Crippen molar-refractivity contribution in [2.24, 2.45) is 0 Å². The van der Waals surface area contributed by atoms with Gasteiger partial charge in [0, 0.05) is 0 Å². The Labute approximate surface area is 64.1 Å². The fraction of sp³-hybridized carbons (Fsp3) is 0.857. The average molecular weight is 161 g/mol. The van der Waals surface area contributed by atoms with Crippen LogP contribution < -0.4 is 0 Å². The highest BCUT2D eigenvalue weighted by atomic mass is 32.4. The van der Waals surface area contributed by atoms with Gasteiger partial charge in [0.15, 0.2) is 0 Å². The van der Waals surface area contributed by atoms with E-state index >= 15 is 0 Å². The van der Waals surface area contributed by atoms with Gasteiger partial charge in [0.05, 0.1) is 0 Å². The summed E-state index contributed by atoms with van der Waals surface area (Å²) in [6.07, 6.45) is 2.38. The summed E-state index contributed by atoms with van der Waals surface area (Å²) in [4.78, 5) is 0. The quantitative estimate of drug-likeness (QED) is 0.451. The molecule has 0 unspecified atom stereocenters. The largest absolute Gasteiger partial charge is 0.186 e. The van der Waals surface area contributed by atoms with Gasteiger partial charge in [-0.1, -0.05) is 33.0 Å². The topological polar surface area (TPSA) is 0 Å². The SMILES string of the molecule is [CH2]CCCS[Si](C)(C)C. The van der Waals surface area contributed by atoms with Gasteiger partial charge < -0.3 is 0 Å². The predicted molar refractivity (Wildman–Crippen MR) is 50.4 cm³/mol. The van der Waals surface area contributed by atoms with Gasteiger partial charge in [-0.05, 0) is 12.2 Å². The van der Waals surface area contributed by atoms with E-state index in [1.807, 2.05) is 0 Å². The Balaban J connectivity index is 3.07. The molecule has 0 amide bonds. The zero-order chi connectivity index (χ0) is 7.33. The van der Waals surface area contributed by atoms with Crippen LogP contribution in [0.15, 0.2) is 0 Å². The van der Waals surface area contributed by atoms with E-state index in [1.165, 1.54) is 12.2 Å². The summed E-state index contributed by atoms with van der Waals surface area (Å²) in [5, 5.41) is 0. The first-order chi connectivity index (χ1) is 4.06. The minimum absolute atomic E-state index is 0.806. The van der Waals surface area contributed by atoms with Gasteiger partial charge in [-0.2, -0.15) is 11.2 Å². The van der Waals surface area contributed by atoms with Crippen LogP contribution >= 0.6 is 11.2 Å². The summed E-state index contributed by atoms with van der Waals surface area (Å²) >= 11 is 2.16. The van der Waals surface area contributed by atoms with Gasteiger partial charge in [-0.15, -0.1) is 0 Å². The number of hydrogen-bond donors (Lipinski definition) is 0. The third kappa shape index (κ3) is 8.57. The molecule has 0 nitrogen and oxygen atoms in total. The van der Waals surface area contributed by atoms with Crippen molar-refractivity contribution in [1.82, 2.24) is 0 Å². The highest BCUT2D eigenvalue weighted by Crippen LogP contribution is 2.19. The van der Waals surface area contributed by atoms with E-state index in [4.69, 9.17) is 0 Å². The van der Waals surface area contributed by atoms with Gasteiger partial charge in [-0.25, -0.2) is 0 Å². The lowest BCUT2D eigenvalue weighted by molar-refractivity contribution is 0.972. The molecule has 0 fully saturated rings. The predicted octanol–water partition coefficient (Wildman–Crippen LogP) is 3.17. The van der Waals surface area contributed by atoms with Gasteiger partial charge in [0.1, 0.15) is 7.22 Å². The van der Waals surface area contributed by atoms with Crippen LogP contribution in [-0.4, -0.2) is 13.0 Å². The van der Waals surface area contributed by atoms with Crippen LogP contribution in [0.1, 0.15) is 12.8 Å². The number of hydrogen-bond acceptors (Lipinski definition) is 1. The number of rotatable bonds is 4. The van der Waals surface area contributed by atoms with Crippen molar-refractivity contribution >= 4 is 18.4 Å². The maximum Gasteiger partial charge on any atom is 0.108 e. The van der Waals surface area contributed by atoms with Crippen molar-refractivity contribution in [3.63, 3.8) is 0 Å². The van der Waals surface area contributed by atoms with Gasteiger partial charge in [-0.3, -0.25) is 0 Å². The summed E-state index contributed by atoms with van der Waals surface area (Å²) in [5.74, 6) is 1.32. The van der Waals surface area contributed by atoms with Crippen molar-refractivity contribution in [3.8, 4) is 0 Å². The van der Waals surface area contributed by atoms with Crippen molar-refractivity contribution in [1.29, 1.82) is 0 Å². The first-order valence-corrected chi connectivity index (χ1v) is 8.70. The van der Waals surface area contributed by atoms with Crippen molar-refractivity contribution < 1.29 is 0 Å². The maximum atomic E-state index is 3.81. The maximum absolute atomic E-state index is 3.81. The fourth-order valence-corrected chi connectivity index (χ4v) is 3.71. The van der Waals surface area contributed by atoms with E-state index < -0.39 is 7.22 Å². The summed E-state index contributed by atoms with van der Waals surface area (Å²) < 4.78 is 0. The molecule has 55 valence electrons. The Hall–Kier alpha value is 0.567. The van der Waals surface area contributed by atoms with Crippen LogP contribution in [-0.2, 0) is 0 Å². The van der Waals surface area contributed by atoms with Crippen LogP contribution in [0.25, 0.3) is 0 Å². The second-order valence-corrected chi connectivity index (χ2v) is 12.6. The summed E-state index contributed by atoms with van der Waals surface area (Å²) in [5.41, 5.74) is 0. The molecule has 0 aromatic heterocycles. The molecule has 0 saturated carbocycles. The molecule has 0 heterocycles. The lowest BCUT2D eigenvalue weighted by Crippen LogP contribution is -2.14. The molecule has 0 aliphatic heterocycles. The molecule has 1 radical (unpaired) electrons. The summed E-state index contributed by atoms with van der Waals surface area (Å²) in [6, 6.07) is 0. The monoisotopic (exact) mass is 161 g/mol. The van der Waals surface area contributed by atoms with Crippen LogP contribution in [0.5, 0.6) is 0 Å². The van der Waals surface area contributed by atoms with Crippen LogP contribution in [0.4, 0.5) is 0 Å². The third-order valence-corrected chi connectivity index (χ3v) is 5.50. The standard InChI is InChI=1S/C7H17SSi/c1-5-6-7-8-9(2,3)4/h1,5-7H2,2-4H3. The zero-order valence-electron chi connectivity index (χ0n) is 6.74. The van der Waals surface area contributed by atoms with E-state index in [-0.39, 0.29) is 0 Å². The molecule has 0 spiro atoms. The minimum atomic E-state index is -0.806. The first kappa shape index (κ1) is 9.57. The Morgan fingerprint density at radius 1 is 1.33 bits per heavy atom. The van der Waals surface area contributed by atoms with Crippen LogP contribution in [0, 0.1) is 6.92 Å². The molecule has 2 heteroatoms. The third-order valence-electron chi connectivity index (χ3n) is 0.929. The molecular weight excluding hydrogens is 144 g/mol. The van der Waals surface area contributed by atoms with E-state index in [0.717, 1.165) is 6.42 Å². The van der Waals surface area contributed by atoms with Gasteiger partial charge >= 0.3 is 0 Å². The molecule has 0 aliphatic rings. The molecule has 0 bridgehead atoms. The minimum Gasteiger partial charge on any atom is -0.186 e. The van der Waals surface area contributed by atoms with E-state index in [9.17, 15) is 0 Å². The molecular formula is C7H17SSi. The van der Waals surface area contributed by atoms with Gasteiger partial charge in [0.25, 0.3) is 0 Å². The van der Waals surface area contributed by atoms with Crippen molar-refractivity contribution in [2.75, 3.05) is 5.75 Å². The Bertz CT molecular complexity index is 65.8. The smallest absolute Gasteiger partial charge is 0.108 e. The highest BCUT2D eigenvalue weighted by molar-refractivity contribution is 8.28.